The number of carbonyl (C=O) groups is 2. The number of aliphatic hydroxyl groups excluding tert-OH is 1. The maximum atomic E-state index is 11.7. The zero-order valence-corrected chi connectivity index (χ0v) is 19.0. The van der Waals surface area contributed by atoms with Gasteiger partial charge >= 0.3 is 11.9 Å². The predicted molar refractivity (Wildman–Crippen MR) is 118 cm³/mol. The average Bonchev–Trinajstić information content (AvgIpc) is 2.77. The number of ether oxygens (including phenoxy) is 5. The molecule has 0 aliphatic carbocycles. The van der Waals surface area contributed by atoms with Crippen molar-refractivity contribution in [2.45, 2.75) is 64.2 Å². The number of unbranched alkanes of at least 4 members (excludes halogenated alkanes) is 8. The van der Waals surface area contributed by atoms with Gasteiger partial charge in [-0.15, -0.1) is 0 Å². The van der Waals surface area contributed by atoms with Crippen molar-refractivity contribution in [1.82, 2.24) is 0 Å². The number of esters is 2. The van der Waals surface area contributed by atoms with E-state index < -0.39 is 0 Å². The molecular weight excluding hydrogens is 404 g/mol. The van der Waals surface area contributed by atoms with Crippen LogP contribution >= 0.6 is 0 Å². The summed E-state index contributed by atoms with van der Waals surface area (Å²) in [4.78, 5) is 22.5. The molecule has 8 heteroatoms. The lowest BCUT2D eigenvalue weighted by atomic mass is 10.1. The first-order valence-electron chi connectivity index (χ1n) is 11.5. The minimum atomic E-state index is -0.351. The molecule has 0 unspecified atom stereocenters. The van der Waals surface area contributed by atoms with E-state index in [0.29, 0.717) is 52.7 Å². The van der Waals surface area contributed by atoms with Gasteiger partial charge in [0.05, 0.1) is 52.9 Å². The lowest BCUT2D eigenvalue weighted by Gasteiger charge is -2.07. The second-order valence-electron chi connectivity index (χ2n) is 7.08. The van der Waals surface area contributed by atoms with Gasteiger partial charge in [0.25, 0.3) is 0 Å². The number of carbonyl (C=O) groups excluding carboxylic acids is 2. The molecule has 0 rings (SSSR count). The monoisotopic (exact) mass is 446 g/mol. The van der Waals surface area contributed by atoms with Crippen LogP contribution in [0.1, 0.15) is 64.2 Å². The van der Waals surface area contributed by atoms with Crippen molar-refractivity contribution in [1.29, 1.82) is 0 Å². The number of rotatable bonds is 24. The van der Waals surface area contributed by atoms with Crippen LogP contribution < -0.4 is 0 Å². The van der Waals surface area contributed by atoms with Gasteiger partial charge < -0.3 is 28.8 Å². The Hall–Kier alpha value is -1.48. The Morgan fingerprint density at radius 2 is 1.10 bits per heavy atom. The highest BCUT2D eigenvalue weighted by Gasteiger charge is 2.02. The third kappa shape index (κ3) is 24.7. The zero-order chi connectivity index (χ0) is 22.8. The maximum absolute atomic E-state index is 11.7. The van der Waals surface area contributed by atoms with Gasteiger partial charge in [-0.25, -0.2) is 4.79 Å². The van der Waals surface area contributed by atoms with Crippen LogP contribution in [0.2, 0.25) is 0 Å². The first-order valence-corrected chi connectivity index (χ1v) is 11.5. The molecule has 0 fully saturated rings. The summed E-state index contributed by atoms with van der Waals surface area (Å²) in [6, 6.07) is 0. The van der Waals surface area contributed by atoms with Crippen molar-refractivity contribution >= 4 is 11.9 Å². The largest absolute Gasteiger partial charge is 0.463 e. The first-order chi connectivity index (χ1) is 15.2. The highest BCUT2D eigenvalue weighted by atomic mass is 16.6. The summed E-state index contributed by atoms with van der Waals surface area (Å²) < 4.78 is 25.7. The van der Waals surface area contributed by atoms with Crippen LogP contribution in [-0.4, -0.2) is 76.5 Å². The first kappa shape index (κ1) is 29.5. The third-order valence-electron chi connectivity index (χ3n) is 4.41. The molecular formula is C23H42O8. The molecule has 0 amide bonds. The molecule has 0 radical (unpaired) electrons. The van der Waals surface area contributed by atoms with E-state index in [1.54, 1.807) is 0 Å². The van der Waals surface area contributed by atoms with E-state index >= 15 is 0 Å². The molecule has 0 aromatic heterocycles. The minimum absolute atomic E-state index is 0.0160. The standard InChI is InChI=1S/C23H42O8/c1-2-22(25)30-14-11-9-7-5-3-4-6-8-10-12-23(26)31-21-20-29-19-18-28-17-16-27-15-13-24/h2,24H,1,3-21H2. The predicted octanol–water partition coefficient (Wildman–Crippen LogP) is 3.20. The molecule has 8 nitrogen and oxygen atoms in total. The third-order valence-corrected chi connectivity index (χ3v) is 4.41. The summed E-state index contributed by atoms with van der Waals surface area (Å²) in [6.45, 7) is 6.64. The van der Waals surface area contributed by atoms with Gasteiger partial charge in [0.2, 0.25) is 0 Å². The number of hydrogen-bond acceptors (Lipinski definition) is 8. The summed E-state index contributed by atoms with van der Waals surface area (Å²) in [6.07, 6.45) is 11.4. The van der Waals surface area contributed by atoms with Crippen LogP contribution in [0, 0.1) is 0 Å². The van der Waals surface area contributed by atoms with E-state index in [4.69, 9.17) is 28.8 Å². The van der Waals surface area contributed by atoms with E-state index in [1.807, 2.05) is 0 Å². The molecule has 0 saturated heterocycles. The van der Waals surface area contributed by atoms with Crippen LogP contribution in [0.4, 0.5) is 0 Å². The average molecular weight is 447 g/mol. The molecule has 31 heavy (non-hydrogen) atoms. The van der Waals surface area contributed by atoms with Crippen molar-refractivity contribution in [2.24, 2.45) is 0 Å². The Kier molecular flexibility index (Phi) is 23.6. The minimum Gasteiger partial charge on any atom is -0.463 e. The second-order valence-corrected chi connectivity index (χ2v) is 7.08. The highest BCUT2D eigenvalue weighted by molar-refractivity contribution is 5.81. The van der Waals surface area contributed by atoms with Crippen molar-refractivity contribution in [2.75, 3.05) is 59.5 Å². The summed E-state index contributed by atoms with van der Waals surface area (Å²) in [7, 11) is 0. The van der Waals surface area contributed by atoms with Crippen molar-refractivity contribution in [3.8, 4) is 0 Å². The quantitative estimate of drug-likeness (QED) is 0.137. The lowest BCUT2D eigenvalue weighted by Crippen LogP contribution is -2.14. The van der Waals surface area contributed by atoms with E-state index in [2.05, 4.69) is 6.58 Å². The van der Waals surface area contributed by atoms with E-state index in [-0.39, 0.29) is 25.2 Å². The van der Waals surface area contributed by atoms with Gasteiger partial charge in [-0.3, -0.25) is 4.79 Å². The Balaban J connectivity index is 3.18. The van der Waals surface area contributed by atoms with Crippen molar-refractivity contribution in [3.63, 3.8) is 0 Å². The summed E-state index contributed by atoms with van der Waals surface area (Å²) in [5, 5.41) is 8.54. The van der Waals surface area contributed by atoms with E-state index in [1.165, 1.54) is 25.3 Å². The maximum Gasteiger partial charge on any atom is 0.330 e. The molecule has 0 saturated carbocycles. The molecule has 0 aromatic carbocycles. The fourth-order valence-electron chi connectivity index (χ4n) is 2.73. The van der Waals surface area contributed by atoms with Gasteiger partial charge in [-0.1, -0.05) is 51.5 Å². The van der Waals surface area contributed by atoms with Crippen LogP contribution in [0.5, 0.6) is 0 Å². The van der Waals surface area contributed by atoms with Crippen LogP contribution in [0.15, 0.2) is 12.7 Å². The molecule has 0 aliphatic heterocycles. The fraction of sp³-hybridized carbons (Fsp3) is 0.826. The Labute approximate surface area is 187 Å². The van der Waals surface area contributed by atoms with Crippen LogP contribution in [0.3, 0.4) is 0 Å². The summed E-state index contributed by atoms with van der Waals surface area (Å²) in [5.41, 5.74) is 0. The summed E-state index contributed by atoms with van der Waals surface area (Å²) >= 11 is 0. The Morgan fingerprint density at radius 3 is 1.65 bits per heavy atom. The fourth-order valence-corrected chi connectivity index (χ4v) is 2.73. The van der Waals surface area contributed by atoms with Gasteiger partial charge in [0, 0.05) is 12.5 Å². The van der Waals surface area contributed by atoms with E-state index in [0.717, 1.165) is 38.5 Å². The Bertz CT molecular complexity index is 428. The highest BCUT2D eigenvalue weighted by Crippen LogP contribution is 2.11. The molecule has 0 atom stereocenters. The Morgan fingerprint density at radius 1 is 0.613 bits per heavy atom. The topological polar surface area (TPSA) is 101 Å². The molecule has 0 heterocycles. The van der Waals surface area contributed by atoms with Crippen molar-refractivity contribution < 1.29 is 38.4 Å². The normalized spacial score (nSPS) is 10.7. The molecule has 0 spiro atoms. The van der Waals surface area contributed by atoms with E-state index in [9.17, 15) is 9.59 Å². The second kappa shape index (κ2) is 24.8. The summed E-state index contributed by atoms with van der Waals surface area (Å²) in [5.74, 6) is -0.519. The van der Waals surface area contributed by atoms with Gasteiger partial charge in [-0.2, -0.15) is 0 Å². The molecule has 182 valence electrons. The van der Waals surface area contributed by atoms with Gasteiger partial charge in [0.15, 0.2) is 0 Å². The smallest absolute Gasteiger partial charge is 0.330 e. The number of hydrogen-bond donors (Lipinski definition) is 1. The van der Waals surface area contributed by atoms with Crippen molar-refractivity contribution in [3.05, 3.63) is 12.7 Å². The zero-order valence-electron chi connectivity index (χ0n) is 19.0. The SMILES string of the molecule is C=CC(=O)OCCCCCCCCCCCC(=O)OCCOCCOCCOCCO. The molecule has 1 N–H and O–H groups in total. The van der Waals surface area contributed by atoms with Gasteiger partial charge in [0.1, 0.15) is 6.61 Å². The number of aliphatic hydroxyl groups is 1. The lowest BCUT2D eigenvalue weighted by molar-refractivity contribution is -0.145. The molecule has 0 aromatic rings. The van der Waals surface area contributed by atoms with Crippen LogP contribution in [0.25, 0.3) is 0 Å². The van der Waals surface area contributed by atoms with Gasteiger partial charge in [-0.05, 0) is 12.8 Å². The van der Waals surface area contributed by atoms with Crippen LogP contribution in [-0.2, 0) is 33.3 Å². The molecule has 0 aliphatic rings. The molecule has 0 bridgehead atoms.